The maximum absolute atomic E-state index is 5.51. The van der Waals surface area contributed by atoms with Gasteiger partial charge < -0.3 is 5.73 Å². The topological polar surface area (TPSA) is 69.6 Å². The van der Waals surface area contributed by atoms with Crippen LogP contribution in [0.1, 0.15) is 32.0 Å². The first-order valence-corrected chi connectivity index (χ1v) is 5.61. The van der Waals surface area contributed by atoms with E-state index in [2.05, 4.69) is 28.9 Å². The highest BCUT2D eigenvalue weighted by Crippen LogP contribution is 2.18. The molecular weight excluding hydrogens is 202 g/mol. The molecule has 0 amide bonds. The van der Waals surface area contributed by atoms with E-state index in [1.807, 2.05) is 10.9 Å². The number of aromatic nitrogens is 4. The second kappa shape index (κ2) is 4.57. The Morgan fingerprint density at radius 3 is 2.88 bits per heavy atom. The molecule has 0 spiro atoms. The van der Waals surface area contributed by atoms with E-state index in [0.717, 1.165) is 29.6 Å². The Balaban J connectivity index is 2.45. The van der Waals surface area contributed by atoms with Crippen molar-refractivity contribution >= 4 is 11.0 Å². The molecule has 2 aromatic rings. The van der Waals surface area contributed by atoms with Crippen LogP contribution in [0, 0.1) is 0 Å². The second-order valence-corrected chi connectivity index (χ2v) is 4.13. The van der Waals surface area contributed by atoms with Crippen molar-refractivity contribution in [3.63, 3.8) is 0 Å². The average Bonchev–Trinajstić information content (AvgIpc) is 2.70. The zero-order chi connectivity index (χ0) is 11.5. The first-order chi connectivity index (χ1) is 7.74. The van der Waals surface area contributed by atoms with Crippen molar-refractivity contribution in [2.45, 2.75) is 32.7 Å². The van der Waals surface area contributed by atoms with Crippen LogP contribution >= 0.6 is 0 Å². The predicted octanol–water partition coefficient (Wildman–Crippen LogP) is 1.30. The second-order valence-electron chi connectivity index (χ2n) is 4.13. The molecule has 0 radical (unpaired) electrons. The summed E-state index contributed by atoms with van der Waals surface area (Å²) in [5, 5.41) is 5.39. The fraction of sp³-hybridized carbons (Fsp3) is 0.545. The smallest absolute Gasteiger partial charge is 0.161 e. The predicted molar refractivity (Wildman–Crippen MR) is 63.1 cm³/mol. The van der Waals surface area contributed by atoms with Gasteiger partial charge in [-0.3, -0.25) is 0 Å². The molecule has 5 nitrogen and oxygen atoms in total. The van der Waals surface area contributed by atoms with E-state index in [4.69, 9.17) is 5.73 Å². The van der Waals surface area contributed by atoms with E-state index in [9.17, 15) is 0 Å². The maximum atomic E-state index is 5.51. The molecule has 0 saturated carbocycles. The zero-order valence-electron chi connectivity index (χ0n) is 9.72. The lowest BCUT2D eigenvalue weighted by atomic mass is 10.2. The van der Waals surface area contributed by atoms with Gasteiger partial charge in [-0.25, -0.2) is 14.6 Å². The molecule has 2 heterocycles. The van der Waals surface area contributed by atoms with E-state index < -0.39 is 0 Å². The average molecular weight is 219 g/mol. The lowest BCUT2D eigenvalue weighted by molar-refractivity contribution is 0.546. The van der Waals surface area contributed by atoms with Gasteiger partial charge in [-0.05, 0) is 33.2 Å². The van der Waals surface area contributed by atoms with Gasteiger partial charge in [0.2, 0.25) is 0 Å². The molecule has 0 saturated heterocycles. The molecule has 0 atom stereocenters. The number of nitrogens with zero attached hydrogens (tertiary/aromatic N) is 4. The summed E-state index contributed by atoms with van der Waals surface area (Å²) in [4.78, 5) is 8.59. The zero-order valence-corrected chi connectivity index (χ0v) is 9.72. The Labute approximate surface area is 94.7 Å². The highest BCUT2D eigenvalue weighted by atomic mass is 15.3. The van der Waals surface area contributed by atoms with Gasteiger partial charge in [0.1, 0.15) is 6.33 Å². The molecule has 0 bridgehead atoms. The van der Waals surface area contributed by atoms with Crippen molar-refractivity contribution in [3.8, 4) is 0 Å². The van der Waals surface area contributed by atoms with E-state index in [1.165, 1.54) is 0 Å². The molecular formula is C11H17N5. The van der Waals surface area contributed by atoms with Crippen LogP contribution in [0.3, 0.4) is 0 Å². The number of aryl methyl sites for hydroxylation is 1. The minimum Gasteiger partial charge on any atom is -0.330 e. The fourth-order valence-electron chi connectivity index (χ4n) is 1.76. The lowest BCUT2D eigenvalue weighted by Crippen LogP contribution is -2.05. The summed E-state index contributed by atoms with van der Waals surface area (Å²) in [6.07, 6.45) is 5.29. The molecule has 0 aliphatic rings. The van der Waals surface area contributed by atoms with Crippen LogP contribution in [0.15, 0.2) is 12.5 Å². The SMILES string of the molecule is CC(C)n1ncc2c(CCCN)ncnc21. The summed E-state index contributed by atoms with van der Waals surface area (Å²) in [6, 6.07) is 0.315. The van der Waals surface area contributed by atoms with Crippen LogP contribution in [0.4, 0.5) is 0 Å². The highest BCUT2D eigenvalue weighted by Gasteiger charge is 2.10. The van der Waals surface area contributed by atoms with E-state index in [1.54, 1.807) is 6.33 Å². The monoisotopic (exact) mass is 219 g/mol. The minimum atomic E-state index is 0.315. The van der Waals surface area contributed by atoms with Gasteiger partial charge in [0.15, 0.2) is 5.65 Å². The third-order valence-corrected chi connectivity index (χ3v) is 2.58. The molecule has 2 aromatic heterocycles. The van der Waals surface area contributed by atoms with E-state index >= 15 is 0 Å². The van der Waals surface area contributed by atoms with Crippen molar-refractivity contribution < 1.29 is 0 Å². The highest BCUT2D eigenvalue weighted by molar-refractivity contribution is 5.76. The number of hydrogen-bond acceptors (Lipinski definition) is 4. The molecule has 16 heavy (non-hydrogen) atoms. The van der Waals surface area contributed by atoms with Crippen molar-refractivity contribution in [3.05, 3.63) is 18.2 Å². The molecule has 0 fully saturated rings. The van der Waals surface area contributed by atoms with Gasteiger partial charge in [-0.2, -0.15) is 5.10 Å². The quantitative estimate of drug-likeness (QED) is 0.841. The summed E-state index contributed by atoms with van der Waals surface area (Å²) >= 11 is 0. The van der Waals surface area contributed by atoms with Crippen molar-refractivity contribution in [1.29, 1.82) is 0 Å². The van der Waals surface area contributed by atoms with Crippen molar-refractivity contribution in [2.24, 2.45) is 5.73 Å². The van der Waals surface area contributed by atoms with Crippen LogP contribution in [0.5, 0.6) is 0 Å². The molecule has 2 N–H and O–H groups in total. The third kappa shape index (κ3) is 1.90. The first-order valence-electron chi connectivity index (χ1n) is 5.61. The van der Waals surface area contributed by atoms with Crippen LogP contribution in [0.2, 0.25) is 0 Å². The Kier molecular flexibility index (Phi) is 3.14. The van der Waals surface area contributed by atoms with Gasteiger partial charge in [0.05, 0.1) is 17.3 Å². The Hall–Kier alpha value is -1.49. The number of hydrogen-bond donors (Lipinski definition) is 1. The normalized spacial score (nSPS) is 11.5. The van der Waals surface area contributed by atoms with Crippen LogP contribution in [-0.2, 0) is 6.42 Å². The van der Waals surface area contributed by atoms with Gasteiger partial charge in [-0.1, -0.05) is 0 Å². The van der Waals surface area contributed by atoms with Crippen LogP contribution in [-0.4, -0.2) is 26.3 Å². The first kappa shape index (κ1) is 11.0. The molecule has 86 valence electrons. The maximum Gasteiger partial charge on any atom is 0.161 e. The fourth-order valence-corrected chi connectivity index (χ4v) is 1.76. The standard InChI is InChI=1S/C11H17N5/c1-8(2)16-11-9(6-15-16)10(4-3-5-12)13-7-14-11/h6-8H,3-5,12H2,1-2H3. The summed E-state index contributed by atoms with van der Waals surface area (Å²) in [5.41, 5.74) is 7.47. The van der Waals surface area contributed by atoms with Gasteiger partial charge in [0, 0.05) is 6.04 Å². The molecule has 2 rings (SSSR count). The van der Waals surface area contributed by atoms with Crippen molar-refractivity contribution in [2.75, 3.05) is 6.54 Å². The molecule has 0 unspecified atom stereocenters. The summed E-state index contributed by atoms with van der Waals surface area (Å²) in [6.45, 7) is 4.87. The van der Waals surface area contributed by atoms with E-state index in [0.29, 0.717) is 12.6 Å². The number of rotatable bonds is 4. The molecule has 0 aliphatic carbocycles. The molecule has 0 aliphatic heterocycles. The van der Waals surface area contributed by atoms with Crippen LogP contribution < -0.4 is 5.73 Å². The van der Waals surface area contributed by atoms with Gasteiger partial charge >= 0.3 is 0 Å². The molecule has 0 aromatic carbocycles. The molecule has 5 heteroatoms. The largest absolute Gasteiger partial charge is 0.330 e. The minimum absolute atomic E-state index is 0.315. The Bertz CT molecular complexity index is 474. The lowest BCUT2D eigenvalue weighted by Gasteiger charge is -2.06. The number of nitrogens with two attached hydrogens (primary N) is 1. The van der Waals surface area contributed by atoms with Crippen molar-refractivity contribution in [1.82, 2.24) is 19.7 Å². The summed E-state index contributed by atoms with van der Waals surface area (Å²) in [7, 11) is 0. The van der Waals surface area contributed by atoms with E-state index in [-0.39, 0.29) is 0 Å². The Morgan fingerprint density at radius 1 is 1.38 bits per heavy atom. The van der Waals surface area contributed by atoms with Gasteiger partial charge in [0.25, 0.3) is 0 Å². The Morgan fingerprint density at radius 2 is 2.19 bits per heavy atom. The summed E-state index contributed by atoms with van der Waals surface area (Å²) < 4.78 is 1.92. The number of fused-ring (bicyclic) bond motifs is 1. The third-order valence-electron chi connectivity index (χ3n) is 2.58. The van der Waals surface area contributed by atoms with Crippen LogP contribution in [0.25, 0.3) is 11.0 Å². The summed E-state index contributed by atoms with van der Waals surface area (Å²) in [5.74, 6) is 0. The van der Waals surface area contributed by atoms with Gasteiger partial charge in [-0.15, -0.1) is 0 Å².